The Bertz CT molecular complexity index is 30.6. The van der Waals surface area contributed by atoms with Crippen molar-refractivity contribution in [2.75, 3.05) is 0 Å². The minimum absolute atomic E-state index is 0.398. The molecule has 0 spiro atoms. The van der Waals surface area contributed by atoms with Crippen molar-refractivity contribution in [3.05, 3.63) is 12.7 Å². The number of rotatable bonds is 1. The highest BCUT2D eigenvalue weighted by Crippen LogP contribution is 1.63. The molecular weight excluding hydrogens is 62.1 g/mol. The van der Waals surface area contributed by atoms with Gasteiger partial charge in [-0.2, -0.15) is 0 Å². The molecule has 0 aromatic heterocycles. The molecular formula is C4H10N+. The molecule has 0 aliphatic rings. The van der Waals surface area contributed by atoms with E-state index in [2.05, 4.69) is 12.3 Å². The van der Waals surface area contributed by atoms with E-state index in [1.165, 1.54) is 0 Å². The molecule has 0 aliphatic carbocycles. The van der Waals surface area contributed by atoms with Crippen LogP contribution in [0.4, 0.5) is 0 Å². The van der Waals surface area contributed by atoms with Crippen LogP contribution in [0, 0.1) is 0 Å². The molecule has 1 unspecified atom stereocenters. The first-order chi connectivity index (χ1) is 2.27. The number of hydrogen-bond acceptors (Lipinski definition) is 0. The molecule has 0 amide bonds. The van der Waals surface area contributed by atoms with Gasteiger partial charge in [0.15, 0.2) is 0 Å². The zero-order valence-corrected chi connectivity index (χ0v) is 3.57. The Balaban J connectivity index is 2.83. The minimum Gasteiger partial charge on any atom is -0.352 e. The zero-order valence-electron chi connectivity index (χ0n) is 3.57. The Morgan fingerprint density at radius 2 is 2.20 bits per heavy atom. The third-order valence-corrected chi connectivity index (χ3v) is 0.402. The monoisotopic (exact) mass is 72.1 g/mol. The first-order valence-electron chi connectivity index (χ1n) is 1.73. The molecule has 0 fully saturated rings. The molecule has 0 aromatic rings. The first-order valence-corrected chi connectivity index (χ1v) is 1.73. The van der Waals surface area contributed by atoms with E-state index in [4.69, 9.17) is 0 Å². The van der Waals surface area contributed by atoms with Gasteiger partial charge < -0.3 is 5.73 Å². The summed E-state index contributed by atoms with van der Waals surface area (Å²) in [6.07, 6.45) is 1.81. The van der Waals surface area contributed by atoms with Crippen molar-refractivity contribution in [3.63, 3.8) is 0 Å². The lowest BCUT2D eigenvalue weighted by atomic mass is 10.4. The van der Waals surface area contributed by atoms with Crippen molar-refractivity contribution in [2.45, 2.75) is 13.0 Å². The van der Waals surface area contributed by atoms with Crippen LogP contribution in [-0.2, 0) is 0 Å². The summed E-state index contributed by atoms with van der Waals surface area (Å²) in [4.78, 5) is 0. The van der Waals surface area contributed by atoms with Gasteiger partial charge in [-0.1, -0.05) is 6.58 Å². The maximum atomic E-state index is 3.64. The molecule has 0 heterocycles. The zero-order chi connectivity index (χ0) is 4.28. The molecule has 30 valence electrons. The maximum absolute atomic E-state index is 3.64. The quantitative estimate of drug-likeness (QED) is 0.415. The fourth-order valence-corrected chi connectivity index (χ4v) is 0. The van der Waals surface area contributed by atoms with Crippen LogP contribution in [0.25, 0.3) is 0 Å². The molecule has 0 saturated carbocycles. The summed E-state index contributed by atoms with van der Waals surface area (Å²) in [5, 5.41) is 0. The Kier molecular flexibility index (Phi) is 1.85. The van der Waals surface area contributed by atoms with E-state index in [9.17, 15) is 0 Å². The van der Waals surface area contributed by atoms with Crippen LogP contribution in [-0.4, -0.2) is 6.04 Å². The van der Waals surface area contributed by atoms with Crippen LogP contribution in [0.3, 0.4) is 0 Å². The van der Waals surface area contributed by atoms with E-state index < -0.39 is 0 Å². The summed E-state index contributed by atoms with van der Waals surface area (Å²) in [5.41, 5.74) is 3.64. The van der Waals surface area contributed by atoms with E-state index in [0.717, 1.165) is 0 Å². The maximum Gasteiger partial charge on any atom is 0.0998 e. The Morgan fingerprint density at radius 3 is 2.20 bits per heavy atom. The average Bonchev–Trinajstić information content (AvgIpc) is 1.38. The van der Waals surface area contributed by atoms with Crippen LogP contribution in [0.5, 0.6) is 0 Å². The third-order valence-electron chi connectivity index (χ3n) is 0.402. The van der Waals surface area contributed by atoms with Crippen molar-refractivity contribution in [1.29, 1.82) is 0 Å². The normalized spacial score (nSPS) is 14.0. The molecule has 0 radical (unpaired) electrons. The van der Waals surface area contributed by atoms with Crippen molar-refractivity contribution >= 4 is 0 Å². The predicted molar refractivity (Wildman–Crippen MR) is 22.5 cm³/mol. The fourth-order valence-electron chi connectivity index (χ4n) is 0. The van der Waals surface area contributed by atoms with Gasteiger partial charge in [-0.15, -0.1) is 0 Å². The van der Waals surface area contributed by atoms with Gasteiger partial charge >= 0.3 is 0 Å². The molecule has 1 nitrogen and oxygen atoms in total. The molecule has 1 atom stereocenters. The molecule has 0 aliphatic heterocycles. The first kappa shape index (κ1) is 4.70. The van der Waals surface area contributed by atoms with Gasteiger partial charge in [-0.3, -0.25) is 0 Å². The van der Waals surface area contributed by atoms with Gasteiger partial charge in [0, 0.05) is 0 Å². The summed E-state index contributed by atoms with van der Waals surface area (Å²) in [7, 11) is 0. The summed E-state index contributed by atoms with van der Waals surface area (Å²) < 4.78 is 0. The smallest absolute Gasteiger partial charge is 0.0998 e. The third kappa shape index (κ3) is 3.70. The van der Waals surface area contributed by atoms with Gasteiger partial charge in [-0.25, -0.2) is 0 Å². The molecule has 0 bridgehead atoms. The van der Waals surface area contributed by atoms with Crippen molar-refractivity contribution in [2.24, 2.45) is 0 Å². The highest BCUT2D eigenvalue weighted by atomic mass is 14.6. The average molecular weight is 72.1 g/mol. The van der Waals surface area contributed by atoms with E-state index >= 15 is 0 Å². The standard InChI is InChI=1S/C4H9N/c1-3-4(2)5/h3-4H,1,5H2,2H3/p+1. The highest BCUT2D eigenvalue weighted by molar-refractivity contribution is 4.70. The molecule has 0 saturated heterocycles. The van der Waals surface area contributed by atoms with Gasteiger partial charge in [0.1, 0.15) is 0 Å². The van der Waals surface area contributed by atoms with Crippen molar-refractivity contribution in [3.8, 4) is 0 Å². The van der Waals surface area contributed by atoms with E-state index in [-0.39, 0.29) is 0 Å². The topological polar surface area (TPSA) is 27.6 Å². The molecule has 1 heteroatoms. The second-order valence-corrected chi connectivity index (χ2v) is 1.21. The van der Waals surface area contributed by atoms with Gasteiger partial charge in [0.2, 0.25) is 0 Å². The van der Waals surface area contributed by atoms with Gasteiger partial charge in [0.25, 0.3) is 0 Å². The van der Waals surface area contributed by atoms with Crippen LogP contribution >= 0.6 is 0 Å². The summed E-state index contributed by atoms with van der Waals surface area (Å²) >= 11 is 0. The lowest BCUT2D eigenvalue weighted by Gasteiger charge is -1.81. The summed E-state index contributed by atoms with van der Waals surface area (Å²) in [6, 6.07) is 0.398. The Labute approximate surface area is 32.5 Å². The largest absolute Gasteiger partial charge is 0.352 e. The number of quaternary nitrogens is 1. The summed E-state index contributed by atoms with van der Waals surface area (Å²) in [5.74, 6) is 0. The predicted octanol–water partition coefficient (Wildman–Crippen LogP) is -0.197. The number of hydrogen-bond donors (Lipinski definition) is 1. The summed E-state index contributed by atoms with van der Waals surface area (Å²) in [6.45, 7) is 5.49. The minimum atomic E-state index is 0.398. The molecule has 3 N–H and O–H groups in total. The Hall–Kier alpha value is -0.300. The van der Waals surface area contributed by atoms with E-state index in [1.807, 2.05) is 6.92 Å². The fraction of sp³-hybridized carbons (Fsp3) is 0.500. The highest BCUT2D eigenvalue weighted by Gasteiger charge is 1.78. The van der Waals surface area contributed by atoms with Crippen LogP contribution < -0.4 is 5.73 Å². The van der Waals surface area contributed by atoms with Crippen LogP contribution in [0.1, 0.15) is 6.92 Å². The molecule has 0 rings (SSSR count). The van der Waals surface area contributed by atoms with Crippen molar-refractivity contribution in [1.82, 2.24) is 0 Å². The molecule has 0 aromatic carbocycles. The SMILES string of the molecule is C=CC(C)[NH3+]. The Morgan fingerprint density at radius 1 is 2.00 bits per heavy atom. The lowest BCUT2D eigenvalue weighted by Crippen LogP contribution is -2.57. The van der Waals surface area contributed by atoms with Crippen LogP contribution in [0.15, 0.2) is 12.7 Å². The van der Waals surface area contributed by atoms with Crippen molar-refractivity contribution < 1.29 is 5.73 Å². The van der Waals surface area contributed by atoms with Gasteiger partial charge in [0.05, 0.1) is 6.04 Å². The van der Waals surface area contributed by atoms with Gasteiger partial charge in [-0.05, 0) is 13.0 Å². The van der Waals surface area contributed by atoms with E-state index in [0.29, 0.717) is 6.04 Å². The second-order valence-electron chi connectivity index (χ2n) is 1.21. The second kappa shape index (κ2) is 1.97. The molecule has 5 heavy (non-hydrogen) atoms. The van der Waals surface area contributed by atoms with Crippen LogP contribution in [0.2, 0.25) is 0 Å². The van der Waals surface area contributed by atoms with E-state index in [1.54, 1.807) is 6.08 Å². The lowest BCUT2D eigenvalue weighted by molar-refractivity contribution is -0.397.